The van der Waals surface area contributed by atoms with Crippen LogP contribution in [0.5, 0.6) is 0 Å². The highest BCUT2D eigenvalue weighted by molar-refractivity contribution is 5.98. The van der Waals surface area contributed by atoms with Gasteiger partial charge in [-0.1, -0.05) is 0 Å². The molecular formula is C21H27FN4O2. The summed E-state index contributed by atoms with van der Waals surface area (Å²) in [5.41, 5.74) is 1.23. The molecule has 0 bridgehead atoms. The molecule has 2 aliphatic heterocycles. The molecule has 150 valence electrons. The number of amides is 2. The molecular weight excluding hydrogens is 359 g/mol. The maximum Gasteiger partial charge on any atom is 0.270 e. The number of halogens is 1. The molecule has 0 aliphatic carbocycles. The molecule has 0 saturated carbocycles. The van der Waals surface area contributed by atoms with Crippen LogP contribution in [0.15, 0.2) is 24.3 Å². The predicted molar refractivity (Wildman–Crippen MR) is 106 cm³/mol. The van der Waals surface area contributed by atoms with Gasteiger partial charge in [-0.05, 0) is 50.5 Å². The van der Waals surface area contributed by atoms with Crippen LogP contribution in [-0.4, -0.2) is 76.8 Å². The summed E-state index contributed by atoms with van der Waals surface area (Å²) in [6.07, 6.45) is 3.38. The molecule has 1 atom stereocenters. The smallest absolute Gasteiger partial charge is 0.270 e. The number of rotatable bonds is 3. The minimum absolute atomic E-state index is 0.0766. The highest BCUT2D eigenvalue weighted by Gasteiger charge is 2.28. The van der Waals surface area contributed by atoms with Crippen LogP contribution in [0.1, 0.15) is 36.7 Å². The van der Waals surface area contributed by atoms with Gasteiger partial charge in [-0.15, -0.1) is 0 Å². The number of aromatic amines is 1. The lowest BCUT2D eigenvalue weighted by atomic mass is 10.0. The number of nitrogens with zero attached hydrogens (tertiary/aromatic N) is 3. The molecule has 0 spiro atoms. The van der Waals surface area contributed by atoms with Gasteiger partial charge in [0.2, 0.25) is 5.91 Å². The Kier molecular flexibility index (Phi) is 5.35. The van der Waals surface area contributed by atoms with Crippen LogP contribution in [0.4, 0.5) is 4.39 Å². The number of carbonyl (C=O) groups is 2. The van der Waals surface area contributed by atoms with Crippen LogP contribution in [-0.2, 0) is 4.79 Å². The number of likely N-dealkylation sites (tertiary alicyclic amines) is 1. The number of aromatic nitrogens is 1. The fourth-order valence-electron chi connectivity index (χ4n) is 4.25. The minimum atomic E-state index is -0.313. The number of fused-ring (bicyclic) bond motifs is 1. The Hall–Kier alpha value is -2.41. The van der Waals surface area contributed by atoms with Crippen molar-refractivity contribution < 1.29 is 14.0 Å². The Balaban J connectivity index is 1.33. The number of H-pyrrole nitrogens is 1. The molecule has 2 fully saturated rings. The van der Waals surface area contributed by atoms with Crippen LogP contribution < -0.4 is 0 Å². The van der Waals surface area contributed by atoms with E-state index in [-0.39, 0.29) is 17.6 Å². The van der Waals surface area contributed by atoms with E-state index in [9.17, 15) is 14.0 Å². The summed E-state index contributed by atoms with van der Waals surface area (Å²) < 4.78 is 13.4. The Bertz CT molecular complexity index is 872. The van der Waals surface area contributed by atoms with Crippen LogP contribution in [0.25, 0.3) is 10.9 Å². The molecule has 1 N–H and O–H groups in total. The first-order valence-corrected chi connectivity index (χ1v) is 10.1. The van der Waals surface area contributed by atoms with Gasteiger partial charge in [-0.3, -0.25) is 14.5 Å². The summed E-state index contributed by atoms with van der Waals surface area (Å²) in [5, 5.41) is 0.697. The van der Waals surface area contributed by atoms with E-state index in [1.165, 1.54) is 18.6 Å². The zero-order chi connectivity index (χ0) is 19.7. The zero-order valence-electron chi connectivity index (χ0n) is 16.3. The summed E-state index contributed by atoms with van der Waals surface area (Å²) in [6, 6.07) is 6.48. The van der Waals surface area contributed by atoms with Crippen molar-refractivity contribution in [2.45, 2.75) is 32.2 Å². The summed E-state index contributed by atoms with van der Waals surface area (Å²) in [6.45, 7) is 5.97. The first kappa shape index (κ1) is 18.9. The largest absolute Gasteiger partial charge is 0.351 e. The number of hydrogen-bond acceptors (Lipinski definition) is 3. The molecule has 1 aromatic carbocycles. The third-order valence-corrected chi connectivity index (χ3v) is 5.95. The Morgan fingerprint density at radius 3 is 2.64 bits per heavy atom. The summed E-state index contributed by atoms with van der Waals surface area (Å²) in [5.74, 6) is -0.191. The second-order valence-corrected chi connectivity index (χ2v) is 7.91. The van der Waals surface area contributed by atoms with Crippen molar-refractivity contribution in [2.75, 3.05) is 39.3 Å². The molecule has 1 unspecified atom stereocenters. The van der Waals surface area contributed by atoms with E-state index in [4.69, 9.17) is 0 Å². The normalized spacial score (nSPS) is 21.3. The molecule has 2 saturated heterocycles. The van der Waals surface area contributed by atoms with Crippen molar-refractivity contribution in [1.29, 1.82) is 0 Å². The predicted octanol–water partition coefficient (Wildman–Crippen LogP) is 2.47. The van der Waals surface area contributed by atoms with Gasteiger partial charge < -0.3 is 14.8 Å². The highest BCUT2D eigenvalue weighted by atomic mass is 19.1. The first-order valence-electron chi connectivity index (χ1n) is 10.1. The topological polar surface area (TPSA) is 59.7 Å². The van der Waals surface area contributed by atoms with Crippen molar-refractivity contribution in [1.82, 2.24) is 19.7 Å². The van der Waals surface area contributed by atoms with Crippen LogP contribution in [0, 0.1) is 5.82 Å². The first-order chi connectivity index (χ1) is 13.5. The average molecular weight is 386 g/mol. The quantitative estimate of drug-likeness (QED) is 0.882. The number of nitrogens with one attached hydrogen (secondary N) is 1. The number of piperidine rings is 1. The van der Waals surface area contributed by atoms with E-state index >= 15 is 0 Å². The van der Waals surface area contributed by atoms with Gasteiger partial charge in [-0.2, -0.15) is 0 Å². The molecule has 0 radical (unpaired) electrons. The van der Waals surface area contributed by atoms with Crippen LogP contribution >= 0.6 is 0 Å². The lowest BCUT2D eigenvalue weighted by Gasteiger charge is -2.38. The third kappa shape index (κ3) is 3.90. The van der Waals surface area contributed by atoms with E-state index < -0.39 is 0 Å². The summed E-state index contributed by atoms with van der Waals surface area (Å²) >= 11 is 0. The Morgan fingerprint density at radius 1 is 1.11 bits per heavy atom. The van der Waals surface area contributed by atoms with Crippen molar-refractivity contribution >= 4 is 22.7 Å². The van der Waals surface area contributed by atoms with Crippen molar-refractivity contribution in [3.05, 3.63) is 35.8 Å². The fraction of sp³-hybridized carbons (Fsp3) is 0.524. The van der Waals surface area contributed by atoms with Gasteiger partial charge in [0.15, 0.2) is 0 Å². The van der Waals surface area contributed by atoms with E-state index in [0.717, 1.165) is 24.9 Å². The van der Waals surface area contributed by atoms with Crippen molar-refractivity contribution in [2.24, 2.45) is 0 Å². The van der Waals surface area contributed by atoms with Crippen LogP contribution in [0.3, 0.4) is 0 Å². The second-order valence-electron chi connectivity index (χ2n) is 7.91. The Morgan fingerprint density at radius 2 is 1.89 bits per heavy atom. The molecule has 1 aromatic heterocycles. The zero-order valence-corrected chi connectivity index (χ0v) is 16.3. The summed E-state index contributed by atoms with van der Waals surface area (Å²) in [4.78, 5) is 34.4. The van der Waals surface area contributed by atoms with E-state index in [1.807, 2.05) is 4.90 Å². The molecule has 7 heteroatoms. The number of benzene rings is 1. The molecule has 4 rings (SSSR count). The standard InChI is InChI=1S/C21H27FN4O2/c1-15-4-2-3-7-26(15)20(27)14-24-8-10-25(11-9-24)21(28)19-13-16-12-17(22)5-6-18(16)23-19/h5-6,12-13,15,23H,2-4,7-11,14H2,1H3. The van der Waals surface area contributed by atoms with Gasteiger partial charge in [0.1, 0.15) is 11.5 Å². The van der Waals surface area contributed by atoms with Gasteiger partial charge in [-0.25, -0.2) is 4.39 Å². The maximum absolute atomic E-state index is 13.4. The summed E-state index contributed by atoms with van der Waals surface area (Å²) in [7, 11) is 0. The molecule has 2 aliphatic rings. The SMILES string of the molecule is CC1CCCCN1C(=O)CN1CCN(C(=O)c2cc3cc(F)ccc3[nH]2)CC1. The van der Waals surface area contributed by atoms with E-state index in [1.54, 1.807) is 17.0 Å². The van der Waals surface area contributed by atoms with Crippen molar-refractivity contribution in [3.63, 3.8) is 0 Å². The lowest BCUT2D eigenvalue weighted by molar-refractivity contribution is -0.136. The van der Waals surface area contributed by atoms with Crippen LogP contribution in [0.2, 0.25) is 0 Å². The second kappa shape index (κ2) is 7.91. The van der Waals surface area contributed by atoms with Gasteiger partial charge in [0.05, 0.1) is 6.54 Å². The van der Waals surface area contributed by atoms with E-state index in [2.05, 4.69) is 16.8 Å². The monoisotopic (exact) mass is 386 g/mol. The van der Waals surface area contributed by atoms with Gasteiger partial charge in [0, 0.05) is 49.7 Å². The van der Waals surface area contributed by atoms with Gasteiger partial charge >= 0.3 is 0 Å². The average Bonchev–Trinajstić information content (AvgIpc) is 3.11. The Labute approximate surface area is 164 Å². The molecule has 3 heterocycles. The highest BCUT2D eigenvalue weighted by Crippen LogP contribution is 2.19. The fourth-order valence-corrected chi connectivity index (χ4v) is 4.25. The van der Waals surface area contributed by atoms with E-state index in [0.29, 0.717) is 49.8 Å². The molecule has 2 amide bonds. The van der Waals surface area contributed by atoms with Gasteiger partial charge in [0.25, 0.3) is 5.91 Å². The number of hydrogen-bond donors (Lipinski definition) is 1. The third-order valence-electron chi connectivity index (χ3n) is 5.95. The van der Waals surface area contributed by atoms with Crippen molar-refractivity contribution in [3.8, 4) is 0 Å². The number of carbonyl (C=O) groups excluding carboxylic acids is 2. The number of piperazine rings is 1. The minimum Gasteiger partial charge on any atom is -0.351 e. The maximum atomic E-state index is 13.4. The molecule has 28 heavy (non-hydrogen) atoms. The molecule has 6 nitrogen and oxygen atoms in total. The molecule has 2 aromatic rings. The lowest BCUT2D eigenvalue weighted by Crippen LogP contribution is -2.53.